The predicted octanol–water partition coefficient (Wildman–Crippen LogP) is 5.40. The van der Waals surface area contributed by atoms with Crippen molar-refractivity contribution < 1.29 is 0 Å². The van der Waals surface area contributed by atoms with Crippen LogP contribution in [-0.2, 0) is 0 Å². The predicted molar refractivity (Wildman–Crippen MR) is 116 cm³/mol. The van der Waals surface area contributed by atoms with Crippen LogP contribution in [0.2, 0.25) is 5.02 Å². The second-order valence-corrected chi connectivity index (χ2v) is 7.01. The van der Waals surface area contributed by atoms with E-state index in [1.165, 1.54) is 0 Å². The molecule has 2 N–H and O–H groups in total. The number of fused-ring (bicyclic) bond motifs is 1. The van der Waals surface area contributed by atoms with Crippen molar-refractivity contribution in [3.8, 4) is 0 Å². The van der Waals surface area contributed by atoms with Crippen LogP contribution in [0.25, 0.3) is 10.9 Å². The van der Waals surface area contributed by atoms with Crippen LogP contribution in [0.1, 0.15) is 5.56 Å². The maximum atomic E-state index is 12.1. The molecule has 5 nitrogen and oxygen atoms in total. The number of H-pyrrole nitrogens is 1. The number of halogens is 1. The smallest absolute Gasteiger partial charge is 0.347 e. The molecule has 0 aliphatic carbocycles. The summed E-state index contributed by atoms with van der Waals surface area (Å²) in [5, 5.41) is 5.05. The monoisotopic (exact) mass is 390 g/mol. The zero-order chi connectivity index (χ0) is 19.7. The van der Waals surface area contributed by atoms with Crippen molar-refractivity contribution in [1.82, 2.24) is 9.97 Å². The zero-order valence-corrected chi connectivity index (χ0v) is 16.3. The number of hydrogen-bond donors (Lipinski definition) is 2. The number of anilines is 4. The molecule has 4 aromatic rings. The number of aryl methyl sites for hydroxylation is 1. The number of nitrogens with one attached hydrogen (secondary N) is 2. The summed E-state index contributed by atoms with van der Waals surface area (Å²) in [6, 6.07) is 21.3. The Hall–Kier alpha value is -3.31. The van der Waals surface area contributed by atoms with Crippen molar-refractivity contribution in [2.45, 2.75) is 6.92 Å². The van der Waals surface area contributed by atoms with Gasteiger partial charge >= 0.3 is 5.69 Å². The van der Waals surface area contributed by atoms with E-state index in [4.69, 9.17) is 11.6 Å². The Bertz CT molecular complexity index is 1220. The van der Waals surface area contributed by atoms with Gasteiger partial charge in [0.25, 0.3) is 0 Å². The average molecular weight is 391 g/mol. The summed E-state index contributed by atoms with van der Waals surface area (Å²) in [6.45, 7) is 2.01. The minimum Gasteiger partial charge on any atom is -0.354 e. The molecule has 0 aliphatic heterocycles. The number of aromatic amines is 1. The van der Waals surface area contributed by atoms with Crippen molar-refractivity contribution in [1.29, 1.82) is 0 Å². The van der Waals surface area contributed by atoms with Gasteiger partial charge in [-0.05, 0) is 55.0 Å². The molecule has 140 valence electrons. The Balaban J connectivity index is 1.80. The third kappa shape index (κ3) is 3.44. The second kappa shape index (κ2) is 7.37. The van der Waals surface area contributed by atoms with E-state index in [-0.39, 0.29) is 5.69 Å². The Morgan fingerprint density at radius 1 is 1.00 bits per heavy atom. The fourth-order valence-corrected chi connectivity index (χ4v) is 3.47. The minimum absolute atomic E-state index is 0.375. The molecule has 0 fully saturated rings. The lowest BCUT2D eigenvalue weighted by Crippen LogP contribution is -2.19. The van der Waals surface area contributed by atoms with Gasteiger partial charge in [-0.15, -0.1) is 0 Å². The normalized spacial score (nSPS) is 10.8. The number of para-hydroxylation sites is 3. The first-order valence-corrected chi connectivity index (χ1v) is 9.26. The van der Waals surface area contributed by atoms with Gasteiger partial charge in [-0.3, -0.25) is 0 Å². The standard InChI is InChI=1S/C22H19ClN4O/c1-14-13-15(23)11-12-17(14)24-19-9-5-6-10-20(19)27(2)21-16-7-3-4-8-18(16)25-22(28)26-21/h3-13,24H,1-2H3,(H,25,26,28). The number of rotatable bonds is 4. The molecular formula is C22H19ClN4O. The van der Waals surface area contributed by atoms with E-state index in [2.05, 4.69) is 15.3 Å². The van der Waals surface area contributed by atoms with E-state index < -0.39 is 0 Å². The molecule has 0 aliphatic rings. The molecule has 1 heterocycles. The molecule has 0 radical (unpaired) electrons. The van der Waals surface area contributed by atoms with E-state index in [0.717, 1.165) is 33.5 Å². The SMILES string of the molecule is Cc1cc(Cl)ccc1Nc1ccccc1N(C)c1nc(=O)[nH]c2ccccc12. The van der Waals surface area contributed by atoms with Crippen molar-refractivity contribution in [2.24, 2.45) is 0 Å². The van der Waals surface area contributed by atoms with Gasteiger partial charge in [0.2, 0.25) is 0 Å². The third-order valence-electron chi connectivity index (χ3n) is 4.66. The molecule has 28 heavy (non-hydrogen) atoms. The van der Waals surface area contributed by atoms with Crippen molar-refractivity contribution >= 4 is 45.4 Å². The van der Waals surface area contributed by atoms with Gasteiger partial charge in [0.05, 0.1) is 16.9 Å². The van der Waals surface area contributed by atoms with Gasteiger partial charge in [-0.25, -0.2) is 4.79 Å². The number of nitrogens with zero attached hydrogens (tertiary/aromatic N) is 2. The molecule has 0 saturated carbocycles. The Kier molecular flexibility index (Phi) is 4.75. The molecule has 6 heteroatoms. The number of aromatic nitrogens is 2. The molecule has 1 aromatic heterocycles. The summed E-state index contributed by atoms with van der Waals surface area (Å²) in [6.07, 6.45) is 0. The van der Waals surface area contributed by atoms with Gasteiger partial charge in [-0.1, -0.05) is 35.9 Å². The van der Waals surface area contributed by atoms with Crippen molar-refractivity contribution in [3.05, 3.63) is 87.8 Å². The molecule has 3 aromatic carbocycles. The van der Waals surface area contributed by atoms with Crippen LogP contribution in [-0.4, -0.2) is 17.0 Å². The summed E-state index contributed by atoms with van der Waals surface area (Å²) < 4.78 is 0. The molecule has 0 spiro atoms. The van der Waals surface area contributed by atoms with Crippen LogP contribution in [0, 0.1) is 6.92 Å². The first-order chi connectivity index (χ1) is 13.5. The van der Waals surface area contributed by atoms with Crippen molar-refractivity contribution in [3.63, 3.8) is 0 Å². The Labute approximate surface area is 167 Å². The molecule has 0 amide bonds. The highest BCUT2D eigenvalue weighted by Crippen LogP contribution is 2.35. The minimum atomic E-state index is -0.375. The van der Waals surface area contributed by atoms with Crippen LogP contribution in [0.4, 0.5) is 22.9 Å². The van der Waals surface area contributed by atoms with E-state index in [1.54, 1.807) is 0 Å². The lowest BCUT2D eigenvalue weighted by atomic mass is 10.1. The van der Waals surface area contributed by atoms with Gasteiger partial charge < -0.3 is 15.2 Å². The third-order valence-corrected chi connectivity index (χ3v) is 4.89. The molecule has 0 bridgehead atoms. The van der Waals surface area contributed by atoms with Crippen LogP contribution < -0.4 is 15.9 Å². The van der Waals surface area contributed by atoms with E-state index in [9.17, 15) is 4.79 Å². The van der Waals surface area contributed by atoms with Gasteiger partial charge in [0, 0.05) is 23.1 Å². The van der Waals surface area contributed by atoms with Gasteiger partial charge in [0.1, 0.15) is 5.82 Å². The second-order valence-electron chi connectivity index (χ2n) is 6.57. The first-order valence-electron chi connectivity index (χ1n) is 8.88. The number of hydrogen-bond acceptors (Lipinski definition) is 4. The highest BCUT2D eigenvalue weighted by molar-refractivity contribution is 6.30. The number of benzene rings is 3. The molecule has 0 saturated heterocycles. The van der Waals surface area contributed by atoms with Crippen LogP contribution >= 0.6 is 11.6 Å². The maximum absolute atomic E-state index is 12.1. The summed E-state index contributed by atoms with van der Waals surface area (Å²) in [5.41, 5.74) is 4.20. The molecule has 0 unspecified atom stereocenters. The zero-order valence-electron chi connectivity index (χ0n) is 15.5. The maximum Gasteiger partial charge on any atom is 0.347 e. The van der Waals surface area contributed by atoms with E-state index in [0.29, 0.717) is 10.8 Å². The van der Waals surface area contributed by atoms with E-state index >= 15 is 0 Å². The molecule has 4 rings (SSSR count). The first kappa shape index (κ1) is 18.1. The summed E-state index contributed by atoms with van der Waals surface area (Å²) >= 11 is 6.08. The van der Waals surface area contributed by atoms with Crippen LogP contribution in [0.15, 0.2) is 71.5 Å². The molecule has 0 atom stereocenters. The lowest BCUT2D eigenvalue weighted by Gasteiger charge is -2.23. The highest BCUT2D eigenvalue weighted by atomic mass is 35.5. The lowest BCUT2D eigenvalue weighted by molar-refractivity contribution is 1.06. The average Bonchev–Trinajstić information content (AvgIpc) is 2.69. The van der Waals surface area contributed by atoms with E-state index in [1.807, 2.05) is 85.6 Å². The summed E-state index contributed by atoms with van der Waals surface area (Å²) in [5.74, 6) is 0.599. The fourth-order valence-electron chi connectivity index (χ4n) is 3.24. The van der Waals surface area contributed by atoms with Gasteiger partial charge in [-0.2, -0.15) is 4.98 Å². The molecular weight excluding hydrogens is 372 g/mol. The summed E-state index contributed by atoms with van der Waals surface area (Å²) in [7, 11) is 1.91. The van der Waals surface area contributed by atoms with Crippen molar-refractivity contribution in [2.75, 3.05) is 17.3 Å². The summed E-state index contributed by atoms with van der Waals surface area (Å²) in [4.78, 5) is 21.0. The van der Waals surface area contributed by atoms with Gasteiger partial charge in [0.15, 0.2) is 0 Å². The Morgan fingerprint density at radius 3 is 2.57 bits per heavy atom. The quantitative estimate of drug-likeness (QED) is 0.490. The topological polar surface area (TPSA) is 61.0 Å². The van der Waals surface area contributed by atoms with Crippen LogP contribution in [0.3, 0.4) is 0 Å². The largest absolute Gasteiger partial charge is 0.354 e. The fraction of sp³-hybridized carbons (Fsp3) is 0.0909. The Morgan fingerprint density at radius 2 is 1.75 bits per heavy atom. The highest BCUT2D eigenvalue weighted by Gasteiger charge is 2.15. The van der Waals surface area contributed by atoms with Crippen LogP contribution in [0.5, 0.6) is 0 Å².